The second kappa shape index (κ2) is 8.05. The van der Waals surface area contributed by atoms with Crippen molar-refractivity contribution in [1.29, 1.82) is 0 Å². The van der Waals surface area contributed by atoms with E-state index >= 15 is 0 Å². The summed E-state index contributed by atoms with van der Waals surface area (Å²) in [6.07, 6.45) is -4.46. The molecule has 0 saturated carbocycles. The number of nitrogens with one attached hydrogen (secondary N) is 3. The van der Waals surface area contributed by atoms with E-state index in [1.54, 1.807) is 39.0 Å². The van der Waals surface area contributed by atoms with Gasteiger partial charge in [-0.1, -0.05) is 43.7 Å². The van der Waals surface area contributed by atoms with Crippen molar-refractivity contribution in [3.63, 3.8) is 0 Å². The van der Waals surface area contributed by atoms with E-state index in [1.165, 1.54) is 12.1 Å². The Morgan fingerprint density at radius 1 is 1.10 bits per heavy atom. The molecule has 4 amide bonds. The molecule has 6 nitrogen and oxygen atoms in total. The lowest BCUT2D eigenvalue weighted by atomic mass is 9.86. The monoisotopic (exact) mass is 433 g/mol. The number of benzene rings is 2. The molecule has 0 spiro atoms. The Labute approximate surface area is 177 Å². The molecule has 1 aliphatic heterocycles. The average Bonchev–Trinajstić information content (AvgIpc) is 2.99. The molecular weight excluding hydrogens is 411 g/mol. The molecular formula is C22H22F3N3O3. The fourth-order valence-electron chi connectivity index (χ4n) is 3.49. The highest BCUT2D eigenvalue weighted by molar-refractivity contribution is 6.08. The third-order valence-corrected chi connectivity index (χ3v) is 5.43. The molecule has 0 aliphatic carbocycles. The molecule has 0 unspecified atom stereocenters. The summed E-state index contributed by atoms with van der Waals surface area (Å²) < 4.78 is 38.6. The molecule has 1 heterocycles. The van der Waals surface area contributed by atoms with Crippen LogP contribution in [-0.4, -0.2) is 29.9 Å². The molecule has 1 atom stereocenters. The first kappa shape index (κ1) is 22.3. The van der Waals surface area contributed by atoms with Crippen molar-refractivity contribution in [3.8, 4) is 11.1 Å². The Balaban J connectivity index is 1.89. The van der Waals surface area contributed by atoms with Gasteiger partial charge >= 0.3 is 12.2 Å². The average molecular weight is 433 g/mol. The van der Waals surface area contributed by atoms with Crippen molar-refractivity contribution >= 4 is 17.8 Å². The van der Waals surface area contributed by atoms with Crippen LogP contribution in [0.4, 0.5) is 18.0 Å². The number of urea groups is 1. The van der Waals surface area contributed by atoms with Gasteiger partial charge in [0.05, 0.1) is 12.1 Å². The zero-order valence-corrected chi connectivity index (χ0v) is 17.2. The second-order valence-corrected chi connectivity index (χ2v) is 7.84. The standard InChI is InChI=1S/C22H22F3N3O3/c1-12(2)21(19(30)27-20(31)28-21)11-26-18(29)16-9-4-13(3)10-17(16)14-5-7-15(8-6-14)22(23,24)25/h4-10,12H,11H2,1-3H3,(H,26,29)(H2,27,28,30,31)/t21-/m0/s1. The first-order valence-corrected chi connectivity index (χ1v) is 9.64. The molecule has 1 fully saturated rings. The SMILES string of the molecule is Cc1ccc(C(=O)NC[C@@]2(C(C)C)NC(=O)NC2=O)c(-c2ccc(C(F)(F)F)cc2)c1. The topological polar surface area (TPSA) is 87.3 Å². The fraction of sp³-hybridized carbons (Fsp3) is 0.318. The van der Waals surface area contributed by atoms with Crippen LogP contribution in [0.5, 0.6) is 0 Å². The van der Waals surface area contributed by atoms with E-state index in [0.29, 0.717) is 11.1 Å². The van der Waals surface area contributed by atoms with Gasteiger partial charge in [-0.2, -0.15) is 13.2 Å². The minimum atomic E-state index is -4.46. The van der Waals surface area contributed by atoms with Gasteiger partial charge in [0.2, 0.25) is 0 Å². The smallest absolute Gasteiger partial charge is 0.349 e. The largest absolute Gasteiger partial charge is 0.416 e. The highest BCUT2D eigenvalue weighted by atomic mass is 19.4. The van der Waals surface area contributed by atoms with Crippen LogP contribution < -0.4 is 16.0 Å². The maximum Gasteiger partial charge on any atom is 0.416 e. The highest BCUT2D eigenvalue weighted by Crippen LogP contribution is 2.32. The zero-order chi connectivity index (χ0) is 23.0. The number of aryl methyl sites for hydroxylation is 1. The van der Waals surface area contributed by atoms with Crippen molar-refractivity contribution in [1.82, 2.24) is 16.0 Å². The number of amides is 4. The fourth-order valence-corrected chi connectivity index (χ4v) is 3.49. The summed E-state index contributed by atoms with van der Waals surface area (Å²) in [7, 11) is 0. The molecule has 164 valence electrons. The lowest BCUT2D eigenvalue weighted by Crippen LogP contribution is -2.58. The highest BCUT2D eigenvalue weighted by Gasteiger charge is 2.48. The third-order valence-electron chi connectivity index (χ3n) is 5.43. The number of carbonyl (C=O) groups is 3. The van der Waals surface area contributed by atoms with Gasteiger partial charge in [-0.25, -0.2) is 4.79 Å². The van der Waals surface area contributed by atoms with Crippen LogP contribution in [0.2, 0.25) is 0 Å². The van der Waals surface area contributed by atoms with Crippen LogP contribution >= 0.6 is 0 Å². The van der Waals surface area contributed by atoms with E-state index in [0.717, 1.165) is 17.7 Å². The van der Waals surface area contributed by atoms with Crippen LogP contribution in [0.3, 0.4) is 0 Å². The number of hydrogen-bond donors (Lipinski definition) is 3. The molecule has 31 heavy (non-hydrogen) atoms. The number of halogens is 3. The van der Waals surface area contributed by atoms with Crippen molar-refractivity contribution in [2.45, 2.75) is 32.5 Å². The number of alkyl halides is 3. The normalized spacial score (nSPS) is 18.7. The quantitative estimate of drug-likeness (QED) is 0.629. The van der Waals surface area contributed by atoms with Crippen LogP contribution in [0.25, 0.3) is 11.1 Å². The Morgan fingerprint density at radius 2 is 1.74 bits per heavy atom. The van der Waals surface area contributed by atoms with Crippen LogP contribution in [0.1, 0.15) is 35.3 Å². The summed E-state index contributed by atoms with van der Waals surface area (Å²) in [5, 5.41) is 7.45. The van der Waals surface area contributed by atoms with Crippen LogP contribution in [-0.2, 0) is 11.0 Å². The van der Waals surface area contributed by atoms with Crippen LogP contribution in [0, 0.1) is 12.8 Å². The van der Waals surface area contributed by atoms with Gasteiger partial charge in [0.1, 0.15) is 5.54 Å². The maximum absolute atomic E-state index is 13.0. The molecule has 1 saturated heterocycles. The van der Waals surface area contributed by atoms with Gasteiger partial charge in [-0.3, -0.25) is 14.9 Å². The number of imide groups is 1. The number of rotatable bonds is 5. The van der Waals surface area contributed by atoms with E-state index in [2.05, 4.69) is 16.0 Å². The first-order valence-electron chi connectivity index (χ1n) is 9.64. The van der Waals surface area contributed by atoms with Crippen molar-refractivity contribution in [3.05, 3.63) is 59.2 Å². The summed E-state index contributed by atoms with van der Waals surface area (Å²) in [5.41, 5.74) is -0.0817. The van der Waals surface area contributed by atoms with Crippen LogP contribution in [0.15, 0.2) is 42.5 Å². The van der Waals surface area contributed by atoms with Gasteiger partial charge < -0.3 is 10.6 Å². The second-order valence-electron chi connectivity index (χ2n) is 7.84. The maximum atomic E-state index is 13.0. The van der Waals surface area contributed by atoms with Crippen molar-refractivity contribution in [2.24, 2.45) is 5.92 Å². The van der Waals surface area contributed by atoms with Crippen molar-refractivity contribution < 1.29 is 27.6 Å². The van der Waals surface area contributed by atoms with Gasteiger partial charge in [0.25, 0.3) is 11.8 Å². The van der Waals surface area contributed by atoms with Gasteiger partial charge in [-0.05, 0) is 42.2 Å². The summed E-state index contributed by atoms with van der Waals surface area (Å²) >= 11 is 0. The van der Waals surface area contributed by atoms with E-state index in [9.17, 15) is 27.6 Å². The van der Waals surface area contributed by atoms with Gasteiger partial charge in [-0.15, -0.1) is 0 Å². The van der Waals surface area contributed by atoms with Gasteiger partial charge in [0, 0.05) is 5.56 Å². The summed E-state index contributed by atoms with van der Waals surface area (Å²) in [5.74, 6) is -1.34. The summed E-state index contributed by atoms with van der Waals surface area (Å²) in [6.45, 7) is 5.16. The van der Waals surface area contributed by atoms with Gasteiger partial charge in [0.15, 0.2) is 0 Å². The molecule has 0 radical (unpaired) electrons. The van der Waals surface area contributed by atoms with Crippen molar-refractivity contribution in [2.75, 3.05) is 6.54 Å². The predicted octanol–water partition coefficient (Wildman–Crippen LogP) is 3.64. The summed E-state index contributed by atoms with van der Waals surface area (Å²) in [6, 6.07) is 8.92. The molecule has 3 N–H and O–H groups in total. The molecule has 1 aliphatic rings. The number of hydrogen-bond acceptors (Lipinski definition) is 3. The molecule has 9 heteroatoms. The molecule has 2 aromatic carbocycles. The Hall–Kier alpha value is -3.36. The van der Waals surface area contributed by atoms with E-state index in [1.807, 2.05) is 0 Å². The lowest BCUT2D eigenvalue weighted by molar-refractivity contribution is -0.137. The predicted molar refractivity (Wildman–Crippen MR) is 108 cm³/mol. The number of carbonyl (C=O) groups excluding carboxylic acids is 3. The Kier molecular flexibility index (Phi) is 5.80. The molecule has 2 aromatic rings. The molecule has 0 aromatic heterocycles. The lowest BCUT2D eigenvalue weighted by Gasteiger charge is -2.30. The zero-order valence-electron chi connectivity index (χ0n) is 17.2. The summed E-state index contributed by atoms with van der Waals surface area (Å²) in [4.78, 5) is 36.9. The Morgan fingerprint density at radius 3 is 2.26 bits per heavy atom. The minimum absolute atomic E-state index is 0.137. The third kappa shape index (κ3) is 4.40. The molecule has 3 rings (SSSR count). The van der Waals surface area contributed by atoms with E-state index in [-0.39, 0.29) is 18.0 Å². The van der Waals surface area contributed by atoms with E-state index in [4.69, 9.17) is 0 Å². The molecule has 0 bridgehead atoms. The Bertz CT molecular complexity index is 1030. The van der Waals surface area contributed by atoms with E-state index < -0.39 is 35.1 Å². The first-order chi connectivity index (χ1) is 14.4. The minimum Gasteiger partial charge on any atom is -0.349 e.